The van der Waals surface area contributed by atoms with E-state index in [4.69, 9.17) is 0 Å². The van der Waals surface area contributed by atoms with E-state index in [9.17, 15) is 23.9 Å². The lowest BCUT2D eigenvalue weighted by Gasteiger charge is -2.15. The minimum atomic E-state index is -1.26. The third kappa shape index (κ3) is 5.64. The fourth-order valence-electron chi connectivity index (χ4n) is 2.48. The molecule has 0 fully saturated rings. The van der Waals surface area contributed by atoms with Crippen LogP contribution in [0.1, 0.15) is 42.2 Å². The molecule has 2 amide bonds. The molecule has 0 unspecified atom stereocenters. The molecule has 27 heavy (non-hydrogen) atoms. The molecule has 2 rings (SSSR count). The van der Waals surface area contributed by atoms with Crippen molar-refractivity contribution in [2.24, 2.45) is 5.92 Å². The van der Waals surface area contributed by atoms with Crippen molar-refractivity contribution in [2.75, 3.05) is 5.32 Å². The Morgan fingerprint density at radius 1 is 1.07 bits per heavy atom. The van der Waals surface area contributed by atoms with Crippen molar-refractivity contribution in [3.05, 3.63) is 65.5 Å². The van der Waals surface area contributed by atoms with E-state index in [2.05, 4.69) is 10.6 Å². The van der Waals surface area contributed by atoms with Crippen LogP contribution in [0.25, 0.3) is 0 Å². The van der Waals surface area contributed by atoms with Crippen LogP contribution in [0.5, 0.6) is 0 Å². The fourth-order valence-corrected chi connectivity index (χ4v) is 2.48. The molecule has 2 aromatic carbocycles. The van der Waals surface area contributed by atoms with Crippen molar-refractivity contribution in [3.63, 3.8) is 0 Å². The van der Waals surface area contributed by atoms with Gasteiger partial charge in [-0.05, 0) is 29.7 Å². The topological polar surface area (TPSA) is 95.5 Å². The van der Waals surface area contributed by atoms with Crippen LogP contribution in [0.2, 0.25) is 0 Å². The van der Waals surface area contributed by atoms with Crippen LogP contribution in [-0.2, 0) is 9.59 Å². The summed E-state index contributed by atoms with van der Waals surface area (Å²) in [7, 11) is 0. The minimum absolute atomic E-state index is 0.0324. The molecule has 0 bridgehead atoms. The third-order valence-electron chi connectivity index (χ3n) is 3.75. The summed E-state index contributed by atoms with van der Waals surface area (Å²) < 4.78 is 14.2. The Morgan fingerprint density at radius 3 is 2.30 bits per heavy atom. The highest BCUT2D eigenvalue weighted by Gasteiger charge is 2.23. The van der Waals surface area contributed by atoms with Crippen LogP contribution in [0.3, 0.4) is 0 Å². The first-order chi connectivity index (χ1) is 12.8. The smallest absolute Gasteiger partial charge is 0.330 e. The number of anilines is 1. The van der Waals surface area contributed by atoms with Crippen LogP contribution in [0, 0.1) is 11.7 Å². The van der Waals surface area contributed by atoms with Gasteiger partial charge in [-0.3, -0.25) is 9.59 Å². The first kappa shape index (κ1) is 20.1. The maximum absolute atomic E-state index is 14.2. The van der Waals surface area contributed by atoms with E-state index in [1.54, 1.807) is 30.3 Å². The number of hydrogen-bond donors (Lipinski definition) is 3. The number of carbonyl (C=O) groups excluding carboxylic acids is 2. The van der Waals surface area contributed by atoms with E-state index in [1.807, 2.05) is 13.8 Å². The van der Waals surface area contributed by atoms with Gasteiger partial charge in [-0.25, -0.2) is 9.18 Å². The summed E-state index contributed by atoms with van der Waals surface area (Å²) in [5.41, 5.74) is 0.322. The number of carboxylic acids is 1. The van der Waals surface area contributed by atoms with Gasteiger partial charge in [0.05, 0.1) is 5.69 Å². The van der Waals surface area contributed by atoms with Crippen molar-refractivity contribution in [1.29, 1.82) is 0 Å². The molecule has 1 atom stereocenters. The molecule has 6 nitrogen and oxygen atoms in total. The zero-order chi connectivity index (χ0) is 20.0. The Balaban J connectivity index is 2.13. The maximum Gasteiger partial charge on any atom is 0.330 e. The normalized spacial score (nSPS) is 11.7. The van der Waals surface area contributed by atoms with Gasteiger partial charge in [0.25, 0.3) is 5.91 Å². The first-order valence-corrected chi connectivity index (χ1v) is 8.46. The molecule has 7 heteroatoms. The Bertz CT molecular complexity index is 837. The number of carboxylic acid groups (broad SMARTS) is 1. The number of carbonyl (C=O) groups is 3. The Labute approximate surface area is 156 Å². The molecule has 0 aliphatic heterocycles. The summed E-state index contributed by atoms with van der Waals surface area (Å²) in [6.07, 6.45) is 0.249. The summed E-state index contributed by atoms with van der Waals surface area (Å²) >= 11 is 0. The van der Waals surface area contributed by atoms with Crippen molar-refractivity contribution in [1.82, 2.24) is 5.32 Å². The molecule has 0 saturated heterocycles. The predicted molar refractivity (Wildman–Crippen MR) is 98.8 cm³/mol. The number of nitrogens with one attached hydrogen (secondary N) is 2. The molecule has 0 aliphatic rings. The van der Waals surface area contributed by atoms with Crippen molar-refractivity contribution >= 4 is 23.5 Å². The highest BCUT2D eigenvalue weighted by Crippen LogP contribution is 2.18. The van der Waals surface area contributed by atoms with Crippen molar-refractivity contribution in [3.8, 4) is 0 Å². The highest BCUT2D eigenvalue weighted by molar-refractivity contribution is 5.98. The lowest BCUT2D eigenvalue weighted by atomic mass is 10.1. The number of halogens is 1. The molecule has 0 aromatic heterocycles. The fraction of sp³-hybridized carbons (Fsp3) is 0.250. The second-order valence-electron chi connectivity index (χ2n) is 6.50. The van der Waals surface area contributed by atoms with Crippen LogP contribution in [-0.4, -0.2) is 22.9 Å². The zero-order valence-corrected chi connectivity index (χ0v) is 15.0. The van der Waals surface area contributed by atoms with Gasteiger partial charge in [-0.2, -0.15) is 0 Å². The van der Waals surface area contributed by atoms with Gasteiger partial charge in [0, 0.05) is 12.0 Å². The molecule has 0 radical (unpaired) electrons. The lowest BCUT2D eigenvalue weighted by Crippen LogP contribution is -2.33. The highest BCUT2D eigenvalue weighted by atomic mass is 19.1. The summed E-state index contributed by atoms with van der Waals surface area (Å²) in [6.45, 7) is 3.74. The number of benzene rings is 2. The van der Waals surface area contributed by atoms with Crippen molar-refractivity contribution < 1.29 is 23.9 Å². The van der Waals surface area contributed by atoms with Gasteiger partial charge in [-0.15, -0.1) is 0 Å². The molecule has 0 heterocycles. The number of aliphatic carboxylic acids is 1. The summed E-state index contributed by atoms with van der Waals surface area (Å²) in [4.78, 5) is 35.5. The number of rotatable bonds is 7. The minimum Gasteiger partial charge on any atom is -0.479 e. The number of hydrogen-bond acceptors (Lipinski definition) is 3. The van der Waals surface area contributed by atoms with E-state index in [0.29, 0.717) is 5.56 Å². The maximum atomic E-state index is 14.2. The predicted octanol–water partition coefficient (Wildman–Crippen LogP) is 3.37. The Morgan fingerprint density at radius 2 is 1.74 bits per heavy atom. The molecular formula is C20H21FN2O4. The van der Waals surface area contributed by atoms with Crippen LogP contribution < -0.4 is 10.6 Å². The molecule has 0 aliphatic carbocycles. The molecule has 3 N–H and O–H groups in total. The largest absolute Gasteiger partial charge is 0.479 e. The van der Waals surface area contributed by atoms with Crippen LogP contribution in [0.15, 0.2) is 48.5 Å². The van der Waals surface area contributed by atoms with E-state index in [-0.39, 0.29) is 29.5 Å². The summed E-state index contributed by atoms with van der Waals surface area (Å²) in [5.74, 6) is -2.93. The first-order valence-electron chi connectivity index (χ1n) is 8.46. The quantitative estimate of drug-likeness (QED) is 0.694. The van der Waals surface area contributed by atoms with Gasteiger partial charge >= 0.3 is 5.97 Å². The summed E-state index contributed by atoms with van der Waals surface area (Å²) in [6, 6.07) is 10.5. The second kappa shape index (κ2) is 8.93. The summed E-state index contributed by atoms with van der Waals surface area (Å²) in [5, 5.41) is 14.2. The van der Waals surface area contributed by atoms with E-state index in [0.717, 1.165) is 6.07 Å². The number of amides is 2. The average molecular weight is 372 g/mol. The van der Waals surface area contributed by atoms with Crippen molar-refractivity contribution in [2.45, 2.75) is 26.3 Å². The molecule has 0 saturated carbocycles. The van der Waals surface area contributed by atoms with Gasteiger partial charge in [-0.1, -0.05) is 44.2 Å². The van der Waals surface area contributed by atoms with Gasteiger partial charge < -0.3 is 15.7 Å². The lowest BCUT2D eigenvalue weighted by molar-refractivity contribution is -0.139. The molecule has 2 aromatic rings. The van der Waals surface area contributed by atoms with Crippen LogP contribution in [0.4, 0.5) is 10.1 Å². The Hall–Kier alpha value is -3.22. The van der Waals surface area contributed by atoms with E-state index < -0.39 is 23.7 Å². The van der Waals surface area contributed by atoms with Gasteiger partial charge in [0.2, 0.25) is 5.91 Å². The second-order valence-corrected chi connectivity index (χ2v) is 6.50. The molecule has 142 valence electrons. The Kier molecular flexibility index (Phi) is 6.65. The average Bonchev–Trinajstić information content (AvgIpc) is 2.61. The zero-order valence-electron chi connectivity index (χ0n) is 15.0. The van der Waals surface area contributed by atoms with Crippen LogP contribution >= 0.6 is 0 Å². The SMILES string of the molecule is CC(C)CC(=O)Nc1ccc(C(=O)N[C@@H](C(=O)O)c2ccccc2)cc1F. The van der Waals surface area contributed by atoms with Gasteiger partial charge in [0.1, 0.15) is 5.82 Å². The molecule has 0 spiro atoms. The van der Waals surface area contributed by atoms with E-state index >= 15 is 0 Å². The third-order valence-corrected chi connectivity index (χ3v) is 3.75. The molecular weight excluding hydrogens is 351 g/mol. The van der Waals surface area contributed by atoms with Gasteiger partial charge in [0.15, 0.2) is 6.04 Å². The standard InChI is InChI=1S/C20H21FN2O4/c1-12(2)10-17(24)22-16-9-8-14(11-15(16)21)19(25)23-18(20(26)27)13-6-4-3-5-7-13/h3-9,11-12,18H,10H2,1-2H3,(H,22,24)(H,23,25)(H,26,27)/t18-/m1/s1. The van der Waals surface area contributed by atoms with E-state index in [1.165, 1.54) is 12.1 Å². The monoisotopic (exact) mass is 372 g/mol.